The summed E-state index contributed by atoms with van der Waals surface area (Å²) >= 11 is 4.10. The predicted molar refractivity (Wildman–Crippen MR) is 57.5 cm³/mol. The van der Waals surface area contributed by atoms with Crippen LogP contribution in [0.2, 0.25) is 0 Å². The number of aryl methyl sites for hydroxylation is 1. The van der Waals surface area contributed by atoms with Gasteiger partial charge in [-0.1, -0.05) is 0 Å². The standard InChI is InChI=1S/C9H9BrF2O2S/c1-5-4-6(15-8(5)10)9(11,12)3-2-7(13)14/h4H,2-3H2,1H3,(H,13,14). The molecular formula is C9H9BrF2O2S. The summed E-state index contributed by atoms with van der Waals surface area (Å²) in [5.74, 6) is -4.26. The molecule has 0 saturated carbocycles. The molecule has 1 aromatic rings. The topological polar surface area (TPSA) is 37.3 Å². The molecule has 0 bridgehead atoms. The zero-order valence-electron chi connectivity index (χ0n) is 7.89. The number of rotatable bonds is 4. The van der Waals surface area contributed by atoms with E-state index in [1.807, 2.05) is 0 Å². The van der Waals surface area contributed by atoms with E-state index in [4.69, 9.17) is 5.11 Å². The third kappa shape index (κ3) is 3.24. The zero-order valence-corrected chi connectivity index (χ0v) is 10.3. The third-order valence-electron chi connectivity index (χ3n) is 1.87. The van der Waals surface area contributed by atoms with Gasteiger partial charge in [0.05, 0.1) is 15.1 Å². The van der Waals surface area contributed by atoms with Crippen molar-refractivity contribution in [3.05, 3.63) is 20.3 Å². The molecule has 2 nitrogen and oxygen atoms in total. The summed E-state index contributed by atoms with van der Waals surface area (Å²) in [7, 11) is 0. The van der Waals surface area contributed by atoms with Crippen molar-refractivity contribution in [2.24, 2.45) is 0 Å². The first kappa shape index (κ1) is 12.6. The first-order valence-electron chi connectivity index (χ1n) is 4.19. The van der Waals surface area contributed by atoms with E-state index >= 15 is 0 Å². The van der Waals surface area contributed by atoms with E-state index in [0.29, 0.717) is 3.79 Å². The largest absolute Gasteiger partial charge is 0.481 e. The van der Waals surface area contributed by atoms with Crippen molar-refractivity contribution in [2.75, 3.05) is 0 Å². The minimum absolute atomic E-state index is 0.0897. The average Bonchev–Trinajstić information content (AvgIpc) is 2.45. The van der Waals surface area contributed by atoms with Gasteiger partial charge in [0.2, 0.25) is 0 Å². The van der Waals surface area contributed by atoms with Crippen LogP contribution < -0.4 is 0 Å². The SMILES string of the molecule is Cc1cc(C(F)(F)CCC(=O)O)sc1Br. The minimum atomic E-state index is -3.06. The fraction of sp³-hybridized carbons (Fsp3) is 0.444. The van der Waals surface area contributed by atoms with Gasteiger partial charge in [0.1, 0.15) is 0 Å². The molecule has 0 aliphatic carbocycles. The van der Waals surface area contributed by atoms with Gasteiger partial charge in [0.25, 0.3) is 5.92 Å². The Morgan fingerprint density at radius 1 is 1.67 bits per heavy atom. The molecule has 1 N–H and O–H groups in total. The Bertz CT molecular complexity index is 357. The van der Waals surface area contributed by atoms with Crippen molar-refractivity contribution < 1.29 is 18.7 Å². The predicted octanol–water partition coefficient (Wildman–Crippen LogP) is 3.78. The molecule has 1 rings (SSSR count). The molecule has 1 heterocycles. The Hall–Kier alpha value is -0.490. The summed E-state index contributed by atoms with van der Waals surface area (Å²) in [5, 5.41) is 8.34. The third-order valence-corrected chi connectivity index (χ3v) is 4.12. The van der Waals surface area contributed by atoms with E-state index in [1.165, 1.54) is 6.07 Å². The highest BCUT2D eigenvalue weighted by Gasteiger charge is 2.34. The van der Waals surface area contributed by atoms with Crippen molar-refractivity contribution in [3.63, 3.8) is 0 Å². The number of carbonyl (C=O) groups is 1. The van der Waals surface area contributed by atoms with Crippen molar-refractivity contribution in [2.45, 2.75) is 25.7 Å². The molecule has 6 heteroatoms. The van der Waals surface area contributed by atoms with E-state index < -0.39 is 24.7 Å². The van der Waals surface area contributed by atoms with Crippen molar-refractivity contribution in [1.82, 2.24) is 0 Å². The molecule has 0 fully saturated rings. The molecular weight excluding hydrogens is 290 g/mol. The summed E-state index contributed by atoms with van der Waals surface area (Å²) in [6.45, 7) is 1.72. The molecule has 0 radical (unpaired) electrons. The van der Waals surface area contributed by atoms with Crippen molar-refractivity contribution in [3.8, 4) is 0 Å². The molecule has 15 heavy (non-hydrogen) atoms. The number of carboxylic acids is 1. The second kappa shape index (κ2) is 4.57. The molecule has 0 atom stereocenters. The van der Waals surface area contributed by atoms with Crippen LogP contribution in [0.5, 0.6) is 0 Å². The van der Waals surface area contributed by atoms with E-state index in [2.05, 4.69) is 15.9 Å². The fourth-order valence-corrected chi connectivity index (χ4v) is 2.56. The summed E-state index contributed by atoms with van der Waals surface area (Å²) in [6, 6.07) is 1.39. The Balaban J connectivity index is 2.80. The number of carboxylic acid groups (broad SMARTS) is 1. The van der Waals surface area contributed by atoms with Crippen LogP contribution in [0.3, 0.4) is 0 Å². The van der Waals surface area contributed by atoms with E-state index in [0.717, 1.165) is 16.9 Å². The quantitative estimate of drug-likeness (QED) is 0.918. The lowest BCUT2D eigenvalue weighted by Gasteiger charge is -2.12. The van der Waals surface area contributed by atoms with Crippen LogP contribution in [-0.4, -0.2) is 11.1 Å². The van der Waals surface area contributed by atoms with Crippen molar-refractivity contribution >= 4 is 33.2 Å². The summed E-state index contributed by atoms with van der Waals surface area (Å²) in [5.41, 5.74) is 0.741. The van der Waals surface area contributed by atoms with Crippen LogP contribution in [0, 0.1) is 6.92 Å². The van der Waals surface area contributed by atoms with Gasteiger partial charge in [-0.3, -0.25) is 4.79 Å². The van der Waals surface area contributed by atoms with Gasteiger partial charge in [0.15, 0.2) is 0 Å². The Morgan fingerprint density at radius 3 is 2.67 bits per heavy atom. The van der Waals surface area contributed by atoms with Crippen LogP contribution in [0.4, 0.5) is 8.78 Å². The van der Waals surface area contributed by atoms with E-state index in [9.17, 15) is 13.6 Å². The second-order valence-electron chi connectivity index (χ2n) is 3.17. The molecule has 84 valence electrons. The highest BCUT2D eigenvalue weighted by molar-refractivity contribution is 9.11. The summed E-state index contributed by atoms with van der Waals surface area (Å²) < 4.78 is 27.5. The van der Waals surface area contributed by atoms with Crippen LogP contribution in [-0.2, 0) is 10.7 Å². The number of hydrogen-bond donors (Lipinski definition) is 1. The highest BCUT2D eigenvalue weighted by Crippen LogP contribution is 2.40. The number of thiophene rings is 1. The Kier molecular flexibility index (Phi) is 3.83. The van der Waals surface area contributed by atoms with Gasteiger partial charge in [-0.2, -0.15) is 0 Å². The molecule has 0 spiro atoms. The van der Waals surface area contributed by atoms with Crippen molar-refractivity contribution in [1.29, 1.82) is 0 Å². The van der Waals surface area contributed by atoms with Gasteiger partial charge in [-0.05, 0) is 34.5 Å². The maximum absolute atomic E-state index is 13.4. The number of aliphatic carboxylic acids is 1. The second-order valence-corrected chi connectivity index (χ2v) is 5.54. The van der Waals surface area contributed by atoms with Gasteiger partial charge >= 0.3 is 5.97 Å². The van der Waals surface area contributed by atoms with Gasteiger partial charge in [-0.15, -0.1) is 11.3 Å². The average molecular weight is 299 g/mol. The van der Waals surface area contributed by atoms with Gasteiger partial charge in [0, 0.05) is 6.42 Å². The number of alkyl halides is 2. The van der Waals surface area contributed by atoms with Crippen LogP contribution in [0.25, 0.3) is 0 Å². The molecule has 0 saturated heterocycles. The lowest BCUT2D eigenvalue weighted by atomic mass is 10.1. The van der Waals surface area contributed by atoms with E-state index in [1.54, 1.807) is 6.92 Å². The molecule has 0 unspecified atom stereocenters. The maximum Gasteiger partial charge on any atom is 0.303 e. The van der Waals surface area contributed by atoms with Gasteiger partial charge in [-0.25, -0.2) is 8.78 Å². The lowest BCUT2D eigenvalue weighted by Crippen LogP contribution is -2.13. The summed E-state index contributed by atoms with van der Waals surface area (Å²) in [4.78, 5) is 10.1. The monoisotopic (exact) mass is 298 g/mol. The smallest absolute Gasteiger partial charge is 0.303 e. The number of halogens is 3. The first-order chi connectivity index (χ1) is 6.83. The summed E-state index contributed by atoms with van der Waals surface area (Å²) in [6.07, 6.45) is -1.18. The molecule has 0 aliphatic heterocycles. The molecule has 0 aromatic carbocycles. The molecule has 1 aromatic heterocycles. The van der Waals surface area contributed by atoms with E-state index in [-0.39, 0.29) is 4.88 Å². The fourth-order valence-electron chi connectivity index (χ4n) is 1.03. The molecule has 0 aliphatic rings. The minimum Gasteiger partial charge on any atom is -0.481 e. The van der Waals surface area contributed by atoms with Gasteiger partial charge < -0.3 is 5.11 Å². The van der Waals surface area contributed by atoms with Crippen LogP contribution in [0.15, 0.2) is 9.85 Å². The van der Waals surface area contributed by atoms with Crippen LogP contribution >= 0.6 is 27.3 Å². The maximum atomic E-state index is 13.4. The zero-order chi connectivity index (χ0) is 11.6. The normalized spacial score (nSPS) is 11.7. The Morgan fingerprint density at radius 2 is 2.27 bits per heavy atom. The number of hydrogen-bond acceptors (Lipinski definition) is 2. The first-order valence-corrected chi connectivity index (χ1v) is 5.80. The van der Waals surface area contributed by atoms with Crippen LogP contribution in [0.1, 0.15) is 23.3 Å². The highest BCUT2D eigenvalue weighted by atomic mass is 79.9. The Labute approximate surface area is 98.1 Å². The lowest BCUT2D eigenvalue weighted by molar-refractivity contribution is -0.139. The molecule has 0 amide bonds.